The van der Waals surface area contributed by atoms with E-state index in [0.717, 1.165) is 17.9 Å². The lowest BCUT2D eigenvalue weighted by Crippen LogP contribution is -2.17. The van der Waals surface area contributed by atoms with Crippen molar-refractivity contribution in [3.05, 3.63) is 34.1 Å². The quantitative estimate of drug-likeness (QED) is 0.845. The maximum absolute atomic E-state index is 13.3. The Morgan fingerprint density at radius 2 is 2.19 bits per heavy atom. The molecule has 0 spiro atoms. The van der Waals surface area contributed by atoms with Gasteiger partial charge in [0.15, 0.2) is 0 Å². The van der Waals surface area contributed by atoms with Crippen LogP contribution in [0.5, 0.6) is 0 Å². The second kappa shape index (κ2) is 4.72. The van der Waals surface area contributed by atoms with Crippen molar-refractivity contribution < 1.29 is 4.39 Å². The second-order valence-electron chi connectivity index (χ2n) is 4.64. The van der Waals surface area contributed by atoms with Crippen molar-refractivity contribution >= 4 is 11.6 Å². The topological polar surface area (TPSA) is 12.0 Å². The van der Waals surface area contributed by atoms with E-state index in [1.807, 2.05) is 13.1 Å². The highest BCUT2D eigenvalue weighted by atomic mass is 35.5. The van der Waals surface area contributed by atoms with Gasteiger partial charge >= 0.3 is 0 Å². The molecule has 1 atom stereocenters. The average Bonchev–Trinajstić information content (AvgIpc) is 3.04. The lowest BCUT2D eigenvalue weighted by molar-refractivity contribution is 0.512. The Labute approximate surface area is 101 Å². The van der Waals surface area contributed by atoms with Crippen molar-refractivity contribution in [1.82, 2.24) is 5.32 Å². The molecular weight excluding hydrogens is 225 g/mol. The summed E-state index contributed by atoms with van der Waals surface area (Å²) >= 11 is 6.10. The van der Waals surface area contributed by atoms with E-state index in [2.05, 4.69) is 5.32 Å². The summed E-state index contributed by atoms with van der Waals surface area (Å²) in [7, 11) is 1.93. The van der Waals surface area contributed by atoms with Crippen molar-refractivity contribution in [2.24, 2.45) is 5.92 Å². The molecule has 1 aliphatic rings. The molecule has 0 aliphatic heterocycles. The number of nitrogens with one attached hydrogen (secondary N) is 1. The van der Waals surface area contributed by atoms with Gasteiger partial charge in [0.25, 0.3) is 0 Å². The Kier molecular flexibility index (Phi) is 3.50. The molecule has 0 bridgehead atoms. The smallest absolute Gasteiger partial charge is 0.127 e. The first-order valence-electron chi connectivity index (χ1n) is 5.74. The maximum Gasteiger partial charge on any atom is 0.127 e. The fourth-order valence-electron chi connectivity index (χ4n) is 2.03. The summed E-state index contributed by atoms with van der Waals surface area (Å²) < 4.78 is 13.3. The van der Waals surface area contributed by atoms with Crippen LogP contribution in [0.15, 0.2) is 12.1 Å². The van der Waals surface area contributed by atoms with Crippen LogP contribution in [0.1, 0.15) is 36.4 Å². The van der Waals surface area contributed by atoms with Gasteiger partial charge in [-0.05, 0) is 43.5 Å². The molecule has 1 saturated carbocycles. The number of aryl methyl sites for hydroxylation is 1. The van der Waals surface area contributed by atoms with E-state index in [4.69, 9.17) is 11.6 Å². The van der Waals surface area contributed by atoms with E-state index in [9.17, 15) is 4.39 Å². The van der Waals surface area contributed by atoms with E-state index >= 15 is 0 Å². The zero-order valence-electron chi connectivity index (χ0n) is 9.69. The lowest BCUT2D eigenvalue weighted by Gasteiger charge is -2.18. The number of benzene rings is 1. The predicted octanol–water partition coefficient (Wildman–Crippen LogP) is 3.85. The third kappa shape index (κ3) is 2.55. The number of rotatable bonds is 4. The summed E-state index contributed by atoms with van der Waals surface area (Å²) in [6.45, 7) is 1.78. The van der Waals surface area contributed by atoms with Crippen LogP contribution in [-0.4, -0.2) is 7.05 Å². The highest BCUT2D eigenvalue weighted by molar-refractivity contribution is 6.31. The van der Waals surface area contributed by atoms with Crippen molar-refractivity contribution in [2.75, 3.05) is 7.05 Å². The fraction of sp³-hybridized carbons (Fsp3) is 0.538. The normalized spacial score (nSPS) is 17.5. The molecule has 1 unspecified atom stereocenters. The summed E-state index contributed by atoms with van der Waals surface area (Å²) in [5.74, 6) is 0.592. The van der Waals surface area contributed by atoms with Crippen molar-refractivity contribution in [3.8, 4) is 0 Å². The Morgan fingerprint density at radius 1 is 1.50 bits per heavy atom. The van der Waals surface area contributed by atoms with Crippen LogP contribution < -0.4 is 5.32 Å². The molecule has 3 heteroatoms. The highest BCUT2D eigenvalue weighted by Crippen LogP contribution is 2.39. The van der Waals surface area contributed by atoms with E-state index in [0.29, 0.717) is 10.6 Å². The maximum atomic E-state index is 13.3. The molecule has 1 aliphatic carbocycles. The summed E-state index contributed by atoms with van der Waals surface area (Å²) in [5.41, 5.74) is 1.69. The lowest BCUT2D eigenvalue weighted by atomic mass is 9.99. The SMILES string of the molecule is CNC(CC1CC1)c1cc(C)c(F)cc1Cl. The van der Waals surface area contributed by atoms with E-state index < -0.39 is 0 Å². The summed E-state index contributed by atoms with van der Waals surface area (Å²) in [4.78, 5) is 0. The molecule has 0 aromatic heterocycles. The fourth-order valence-corrected chi connectivity index (χ4v) is 2.32. The van der Waals surface area contributed by atoms with Gasteiger partial charge in [-0.1, -0.05) is 30.5 Å². The minimum Gasteiger partial charge on any atom is -0.313 e. The van der Waals surface area contributed by atoms with Crippen LogP contribution in [0.3, 0.4) is 0 Å². The molecule has 1 nitrogen and oxygen atoms in total. The van der Waals surface area contributed by atoms with E-state index in [1.54, 1.807) is 6.92 Å². The van der Waals surface area contributed by atoms with Gasteiger partial charge in [0.05, 0.1) is 0 Å². The molecule has 0 saturated heterocycles. The molecule has 88 valence electrons. The number of halogens is 2. The minimum atomic E-state index is -0.227. The van der Waals surface area contributed by atoms with Gasteiger partial charge < -0.3 is 5.32 Å². The molecule has 1 fully saturated rings. The third-order valence-electron chi connectivity index (χ3n) is 3.27. The molecular formula is C13H17ClFN. The molecule has 1 aromatic carbocycles. The number of hydrogen-bond donors (Lipinski definition) is 1. The molecule has 2 rings (SSSR count). The standard InChI is InChI=1S/C13H17ClFN/c1-8-5-10(11(14)7-12(8)15)13(16-2)6-9-3-4-9/h5,7,9,13,16H,3-4,6H2,1-2H3. The van der Waals surface area contributed by atoms with Crippen molar-refractivity contribution in [3.63, 3.8) is 0 Å². The summed E-state index contributed by atoms with van der Waals surface area (Å²) in [6, 6.07) is 3.53. The Hall–Kier alpha value is -0.600. The molecule has 1 N–H and O–H groups in total. The van der Waals surface area contributed by atoms with E-state index in [-0.39, 0.29) is 11.9 Å². The van der Waals surface area contributed by atoms with Gasteiger partial charge in [-0.3, -0.25) is 0 Å². The molecule has 0 heterocycles. The monoisotopic (exact) mass is 241 g/mol. The zero-order valence-corrected chi connectivity index (χ0v) is 10.4. The van der Waals surface area contributed by atoms with Crippen molar-refractivity contribution in [2.45, 2.75) is 32.2 Å². The van der Waals surface area contributed by atoms with Crippen LogP contribution in [0.25, 0.3) is 0 Å². The first-order valence-corrected chi connectivity index (χ1v) is 6.12. The minimum absolute atomic E-state index is 0.227. The van der Waals surface area contributed by atoms with Gasteiger partial charge in [-0.25, -0.2) is 4.39 Å². The van der Waals surface area contributed by atoms with Gasteiger partial charge in [0.1, 0.15) is 5.82 Å². The largest absolute Gasteiger partial charge is 0.313 e. The van der Waals surface area contributed by atoms with Crippen LogP contribution in [0.2, 0.25) is 5.02 Å². The zero-order chi connectivity index (χ0) is 11.7. The Morgan fingerprint density at radius 3 is 2.75 bits per heavy atom. The van der Waals surface area contributed by atoms with Crippen LogP contribution >= 0.6 is 11.6 Å². The molecule has 0 radical (unpaired) electrons. The first kappa shape index (κ1) is 11.9. The Bertz CT molecular complexity index is 388. The average molecular weight is 242 g/mol. The van der Waals surface area contributed by atoms with Crippen LogP contribution in [0.4, 0.5) is 4.39 Å². The third-order valence-corrected chi connectivity index (χ3v) is 3.60. The molecule has 1 aromatic rings. The van der Waals surface area contributed by atoms with Crippen LogP contribution in [0, 0.1) is 18.7 Å². The Balaban J connectivity index is 2.25. The van der Waals surface area contributed by atoms with Gasteiger partial charge in [-0.2, -0.15) is 0 Å². The summed E-state index contributed by atoms with van der Waals surface area (Å²) in [5, 5.41) is 3.80. The number of hydrogen-bond acceptors (Lipinski definition) is 1. The molecule has 16 heavy (non-hydrogen) atoms. The van der Waals surface area contributed by atoms with Gasteiger partial charge in [-0.15, -0.1) is 0 Å². The predicted molar refractivity (Wildman–Crippen MR) is 65.3 cm³/mol. The van der Waals surface area contributed by atoms with Crippen molar-refractivity contribution in [1.29, 1.82) is 0 Å². The highest BCUT2D eigenvalue weighted by Gasteiger charge is 2.26. The van der Waals surface area contributed by atoms with Gasteiger partial charge in [0.2, 0.25) is 0 Å². The van der Waals surface area contributed by atoms with Gasteiger partial charge in [0, 0.05) is 11.1 Å². The molecule has 0 amide bonds. The van der Waals surface area contributed by atoms with Crippen LogP contribution in [-0.2, 0) is 0 Å². The first-order chi connectivity index (χ1) is 7.61. The van der Waals surface area contributed by atoms with E-state index in [1.165, 1.54) is 18.9 Å². The summed E-state index contributed by atoms with van der Waals surface area (Å²) in [6.07, 6.45) is 3.73. The second-order valence-corrected chi connectivity index (χ2v) is 5.05.